The van der Waals surface area contributed by atoms with Crippen molar-refractivity contribution in [1.82, 2.24) is 0 Å². The van der Waals surface area contributed by atoms with Gasteiger partial charge in [0, 0.05) is 22.4 Å². The smallest absolute Gasteiger partial charge is 0.0543 e. The number of anilines is 3. The standard InChI is InChI=1S/C68H47N/c1-68(54-27-12-5-13-28-54)62-33-17-16-32-60(62)67-63(68)34-19-35-64(67)69(56-40-38-51-42-50(36-37-52(51)44-56)46-20-6-2-7-21-46)55-29-18-26-49(43-55)53-39-41-58-57-30-14-15-31-59(57)65(47-22-8-3-9-23-47)66(61(58)45-53)48-24-10-4-11-25-48/h2-45H,1H3. The molecule has 1 atom stereocenters. The normalized spacial score (nSPS) is 13.9. The molecule has 12 aromatic carbocycles. The highest BCUT2D eigenvalue weighted by atomic mass is 15.1. The van der Waals surface area contributed by atoms with Crippen molar-refractivity contribution < 1.29 is 0 Å². The predicted octanol–water partition coefficient (Wildman–Crippen LogP) is 18.6. The molecular weight excluding hydrogens is 831 g/mol. The van der Waals surface area contributed by atoms with Crippen LogP contribution in [0.5, 0.6) is 0 Å². The largest absolute Gasteiger partial charge is 0.310 e. The van der Waals surface area contributed by atoms with Gasteiger partial charge >= 0.3 is 0 Å². The van der Waals surface area contributed by atoms with Gasteiger partial charge in [-0.1, -0.05) is 224 Å². The third-order valence-corrected chi connectivity index (χ3v) is 14.7. The SMILES string of the molecule is CC1(c2ccccc2)c2ccccc2-c2c(N(c3cccc(-c4ccc5c(c4)c(-c4ccccc4)c(-c4ccccc4)c4ccccc45)c3)c3ccc4cc(-c5ccccc5)ccc4c3)cccc21. The Morgan fingerprint density at radius 3 is 1.55 bits per heavy atom. The molecule has 1 heteroatoms. The van der Waals surface area contributed by atoms with Crippen LogP contribution in [0.2, 0.25) is 0 Å². The Morgan fingerprint density at radius 1 is 0.290 bits per heavy atom. The zero-order valence-corrected chi connectivity index (χ0v) is 38.4. The van der Waals surface area contributed by atoms with Gasteiger partial charge < -0.3 is 4.90 Å². The van der Waals surface area contributed by atoms with Gasteiger partial charge in [-0.2, -0.15) is 0 Å². The van der Waals surface area contributed by atoms with Gasteiger partial charge in [0.25, 0.3) is 0 Å². The van der Waals surface area contributed by atoms with E-state index in [1.54, 1.807) is 0 Å². The quantitative estimate of drug-likeness (QED) is 0.138. The summed E-state index contributed by atoms with van der Waals surface area (Å²) in [4.78, 5) is 2.50. The molecule has 1 unspecified atom stereocenters. The molecular formula is C68H47N. The number of hydrogen-bond donors (Lipinski definition) is 0. The molecule has 0 saturated carbocycles. The van der Waals surface area contributed by atoms with Crippen LogP contribution in [-0.4, -0.2) is 0 Å². The van der Waals surface area contributed by atoms with Crippen molar-refractivity contribution in [3.05, 3.63) is 284 Å². The molecule has 13 rings (SSSR count). The monoisotopic (exact) mass is 877 g/mol. The van der Waals surface area contributed by atoms with Gasteiger partial charge in [-0.05, 0) is 148 Å². The van der Waals surface area contributed by atoms with E-state index in [9.17, 15) is 0 Å². The number of fused-ring (bicyclic) bond motifs is 7. The van der Waals surface area contributed by atoms with E-state index in [0.29, 0.717) is 0 Å². The van der Waals surface area contributed by atoms with Gasteiger partial charge in [-0.15, -0.1) is 0 Å². The summed E-state index contributed by atoms with van der Waals surface area (Å²) in [6.07, 6.45) is 0. The first-order chi connectivity index (χ1) is 34.1. The summed E-state index contributed by atoms with van der Waals surface area (Å²) in [6.45, 7) is 2.40. The first-order valence-corrected chi connectivity index (χ1v) is 24.0. The van der Waals surface area contributed by atoms with Gasteiger partial charge in [0.1, 0.15) is 0 Å². The summed E-state index contributed by atoms with van der Waals surface area (Å²) >= 11 is 0. The second-order valence-corrected chi connectivity index (χ2v) is 18.5. The average Bonchev–Trinajstić information content (AvgIpc) is 3.70. The maximum atomic E-state index is 2.50. The van der Waals surface area contributed by atoms with Crippen molar-refractivity contribution in [1.29, 1.82) is 0 Å². The van der Waals surface area contributed by atoms with E-state index in [1.165, 1.54) is 99.1 Å². The van der Waals surface area contributed by atoms with E-state index in [4.69, 9.17) is 0 Å². The topological polar surface area (TPSA) is 3.24 Å². The van der Waals surface area contributed by atoms with E-state index in [2.05, 4.69) is 279 Å². The highest BCUT2D eigenvalue weighted by Gasteiger charge is 2.42. The lowest BCUT2D eigenvalue weighted by atomic mass is 9.74. The van der Waals surface area contributed by atoms with Crippen molar-refractivity contribution in [2.45, 2.75) is 12.3 Å². The summed E-state index contributed by atoms with van der Waals surface area (Å²) in [6, 6.07) is 98.4. The van der Waals surface area contributed by atoms with Crippen LogP contribution in [0.1, 0.15) is 23.6 Å². The maximum Gasteiger partial charge on any atom is 0.0543 e. The Balaban J connectivity index is 1.03. The molecule has 0 aliphatic heterocycles. The fourth-order valence-electron chi connectivity index (χ4n) is 11.4. The Kier molecular flexibility index (Phi) is 9.70. The van der Waals surface area contributed by atoms with Crippen LogP contribution in [0.25, 0.3) is 88.0 Å². The molecule has 0 radical (unpaired) electrons. The van der Waals surface area contributed by atoms with Crippen LogP contribution in [0.3, 0.4) is 0 Å². The van der Waals surface area contributed by atoms with Crippen LogP contribution in [0.4, 0.5) is 17.1 Å². The number of hydrogen-bond acceptors (Lipinski definition) is 1. The zero-order chi connectivity index (χ0) is 45.9. The minimum Gasteiger partial charge on any atom is -0.310 e. The van der Waals surface area contributed by atoms with Crippen LogP contribution in [-0.2, 0) is 5.41 Å². The van der Waals surface area contributed by atoms with Crippen molar-refractivity contribution in [3.8, 4) is 55.6 Å². The predicted molar refractivity (Wildman–Crippen MR) is 293 cm³/mol. The fourth-order valence-corrected chi connectivity index (χ4v) is 11.4. The number of nitrogens with zero attached hydrogens (tertiary/aromatic N) is 1. The molecule has 12 aromatic rings. The van der Waals surface area contributed by atoms with Crippen molar-refractivity contribution in [3.63, 3.8) is 0 Å². The molecule has 0 fully saturated rings. The van der Waals surface area contributed by atoms with E-state index in [-0.39, 0.29) is 5.41 Å². The van der Waals surface area contributed by atoms with Crippen LogP contribution in [0.15, 0.2) is 267 Å². The summed E-state index contributed by atoms with van der Waals surface area (Å²) in [7, 11) is 0. The Hall–Kier alpha value is -8.78. The van der Waals surface area contributed by atoms with Crippen molar-refractivity contribution >= 4 is 49.4 Å². The van der Waals surface area contributed by atoms with E-state index in [1.807, 2.05) is 0 Å². The molecule has 1 aliphatic rings. The molecule has 0 aromatic heterocycles. The Bertz CT molecular complexity index is 3890. The molecule has 324 valence electrons. The van der Waals surface area contributed by atoms with E-state index >= 15 is 0 Å². The second kappa shape index (κ2) is 16.5. The molecule has 1 nitrogen and oxygen atoms in total. The molecule has 1 aliphatic carbocycles. The highest BCUT2D eigenvalue weighted by Crippen LogP contribution is 2.57. The average molecular weight is 878 g/mol. The number of benzene rings is 12. The summed E-state index contributed by atoms with van der Waals surface area (Å²) in [5.41, 5.74) is 19.2. The lowest BCUT2D eigenvalue weighted by molar-refractivity contribution is 0.714. The summed E-state index contributed by atoms with van der Waals surface area (Å²) < 4.78 is 0. The van der Waals surface area contributed by atoms with E-state index < -0.39 is 0 Å². The van der Waals surface area contributed by atoms with Crippen LogP contribution >= 0.6 is 0 Å². The van der Waals surface area contributed by atoms with Crippen molar-refractivity contribution in [2.24, 2.45) is 0 Å². The fraction of sp³-hybridized carbons (Fsp3) is 0.0294. The third kappa shape index (κ3) is 6.69. The molecule has 0 saturated heterocycles. The first kappa shape index (κ1) is 40.5. The minimum absolute atomic E-state index is 0.335. The molecule has 69 heavy (non-hydrogen) atoms. The molecule has 0 bridgehead atoms. The van der Waals surface area contributed by atoms with Gasteiger partial charge in [0.15, 0.2) is 0 Å². The molecule has 0 amide bonds. The molecule has 0 N–H and O–H groups in total. The Labute approximate surface area is 403 Å². The third-order valence-electron chi connectivity index (χ3n) is 14.7. The van der Waals surface area contributed by atoms with Crippen LogP contribution < -0.4 is 4.90 Å². The summed E-state index contributed by atoms with van der Waals surface area (Å²) in [5, 5.41) is 7.40. The van der Waals surface area contributed by atoms with Crippen molar-refractivity contribution in [2.75, 3.05) is 4.90 Å². The molecule has 0 heterocycles. The van der Waals surface area contributed by atoms with Gasteiger partial charge in [-0.25, -0.2) is 0 Å². The Morgan fingerprint density at radius 2 is 0.797 bits per heavy atom. The lowest BCUT2D eigenvalue weighted by Crippen LogP contribution is -2.22. The van der Waals surface area contributed by atoms with Gasteiger partial charge in [0.2, 0.25) is 0 Å². The lowest BCUT2D eigenvalue weighted by Gasteiger charge is -2.31. The van der Waals surface area contributed by atoms with E-state index in [0.717, 1.165) is 22.6 Å². The second-order valence-electron chi connectivity index (χ2n) is 18.5. The number of rotatable bonds is 8. The van der Waals surface area contributed by atoms with Gasteiger partial charge in [-0.3, -0.25) is 0 Å². The maximum absolute atomic E-state index is 2.50. The zero-order valence-electron chi connectivity index (χ0n) is 38.4. The highest BCUT2D eigenvalue weighted by molar-refractivity contribution is 6.22. The molecule has 0 spiro atoms. The van der Waals surface area contributed by atoms with Crippen LogP contribution in [0, 0.1) is 0 Å². The minimum atomic E-state index is -0.335. The first-order valence-electron chi connectivity index (χ1n) is 24.0. The van der Waals surface area contributed by atoms with Gasteiger partial charge in [0.05, 0.1) is 5.69 Å². The summed E-state index contributed by atoms with van der Waals surface area (Å²) in [5.74, 6) is 0.